The predicted octanol–water partition coefficient (Wildman–Crippen LogP) is 1.50. The van der Waals surface area contributed by atoms with Gasteiger partial charge >= 0.3 is 0 Å². The number of hydrogen-bond donors (Lipinski definition) is 2. The molecule has 0 aliphatic rings. The lowest BCUT2D eigenvalue weighted by Crippen LogP contribution is -2.14. The van der Waals surface area contributed by atoms with Gasteiger partial charge in [0.2, 0.25) is 0 Å². The first kappa shape index (κ1) is 12.9. The molecular weight excluding hydrogens is 204 g/mol. The molecule has 0 saturated heterocycles. The van der Waals surface area contributed by atoms with Crippen molar-refractivity contribution in [1.29, 1.82) is 0 Å². The van der Waals surface area contributed by atoms with Gasteiger partial charge in [0.15, 0.2) is 0 Å². The molecule has 1 aromatic carbocycles. The van der Waals surface area contributed by atoms with E-state index in [1.165, 1.54) is 0 Å². The van der Waals surface area contributed by atoms with E-state index in [9.17, 15) is 5.11 Å². The number of aliphatic hydroxyl groups is 2. The molecule has 16 heavy (non-hydrogen) atoms. The molecule has 1 aromatic rings. The van der Waals surface area contributed by atoms with Crippen LogP contribution in [0.5, 0.6) is 0 Å². The standard InChI is InChI=1S/C13H18O3/c14-9-5-4-8-13(15)11-16-10-12-6-2-1-3-7-12/h1-7,13-15H,8-11H2/b5-4-. The van der Waals surface area contributed by atoms with Crippen molar-refractivity contribution >= 4 is 0 Å². The van der Waals surface area contributed by atoms with Crippen LogP contribution in [0.2, 0.25) is 0 Å². The van der Waals surface area contributed by atoms with Crippen LogP contribution >= 0.6 is 0 Å². The predicted molar refractivity (Wildman–Crippen MR) is 62.9 cm³/mol. The quantitative estimate of drug-likeness (QED) is 0.687. The second-order valence-electron chi connectivity index (χ2n) is 3.54. The Morgan fingerprint density at radius 1 is 1.19 bits per heavy atom. The maximum Gasteiger partial charge on any atom is 0.0808 e. The highest BCUT2D eigenvalue weighted by atomic mass is 16.5. The zero-order valence-electron chi connectivity index (χ0n) is 9.25. The smallest absolute Gasteiger partial charge is 0.0808 e. The lowest BCUT2D eigenvalue weighted by molar-refractivity contribution is 0.0300. The van der Waals surface area contributed by atoms with E-state index in [2.05, 4.69) is 0 Å². The van der Waals surface area contributed by atoms with Crippen LogP contribution in [0.25, 0.3) is 0 Å². The van der Waals surface area contributed by atoms with Crippen molar-refractivity contribution in [1.82, 2.24) is 0 Å². The summed E-state index contributed by atoms with van der Waals surface area (Å²) < 4.78 is 5.37. The molecular formula is C13H18O3. The second-order valence-corrected chi connectivity index (χ2v) is 3.54. The van der Waals surface area contributed by atoms with Crippen LogP contribution in [0.3, 0.4) is 0 Å². The monoisotopic (exact) mass is 222 g/mol. The minimum atomic E-state index is -0.508. The van der Waals surface area contributed by atoms with Gasteiger partial charge in [0.05, 0.1) is 25.9 Å². The number of rotatable bonds is 7. The average molecular weight is 222 g/mol. The van der Waals surface area contributed by atoms with E-state index in [-0.39, 0.29) is 6.61 Å². The molecule has 0 bridgehead atoms. The molecule has 0 heterocycles. The molecule has 0 radical (unpaired) electrons. The van der Waals surface area contributed by atoms with Crippen molar-refractivity contribution in [2.75, 3.05) is 13.2 Å². The lowest BCUT2D eigenvalue weighted by Gasteiger charge is -2.09. The molecule has 0 aromatic heterocycles. The van der Waals surface area contributed by atoms with Crippen molar-refractivity contribution in [3.05, 3.63) is 48.0 Å². The molecule has 88 valence electrons. The van der Waals surface area contributed by atoms with Crippen molar-refractivity contribution in [2.24, 2.45) is 0 Å². The molecule has 0 aliphatic carbocycles. The number of ether oxygens (including phenoxy) is 1. The van der Waals surface area contributed by atoms with E-state index in [0.717, 1.165) is 5.56 Å². The van der Waals surface area contributed by atoms with Gasteiger partial charge in [0.1, 0.15) is 0 Å². The van der Waals surface area contributed by atoms with Crippen molar-refractivity contribution in [3.8, 4) is 0 Å². The van der Waals surface area contributed by atoms with Crippen LogP contribution in [0.15, 0.2) is 42.5 Å². The Balaban J connectivity index is 2.13. The van der Waals surface area contributed by atoms with Gasteiger partial charge in [-0.3, -0.25) is 0 Å². The van der Waals surface area contributed by atoms with Crippen LogP contribution in [-0.4, -0.2) is 29.5 Å². The van der Waals surface area contributed by atoms with Gasteiger partial charge in [-0.2, -0.15) is 0 Å². The van der Waals surface area contributed by atoms with Crippen molar-refractivity contribution < 1.29 is 14.9 Å². The molecule has 1 unspecified atom stereocenters. The van der Waals surface area contributed by atoms with Gasteiger partial charge in [0, 0.05) is 0 Å². The molecule has 3 nitrogen and oxygen atoms in total. The third-order valence-corrected chi connectivity index (χ3v) is 2.10. The first-order chi connectivity index (χ1) is 7.83. The van der Waals surface area contributed by atoms with Crippen LogP contribution in [-0.2, 0) is 11.3 Å². The van der Waals surface area contributed by atoms with E-state index < -0.39 is 6.10 Å². The highest BCUT2D eigenvalue weighted by Crippen LogP contribution is 2.02. The maximum atomic E-state index is 9.50. The van der Waals surface area contributed by atoms with Crippen LogP contribution in [0.4, 0.5) is 0 Å². The van der Waals surface area contributed by atoms with E-state index in [1.54, 1.807) is 12.2 Å². The minimum Gasteiger partial charge on any atom is -0.392 e. The molecule has 3 heteroatoms. The molecule has 0 fully saturated rings. The van der Waals surface area contributed by atoms with E-state index >= 15 is 0 Å². The van der Waals surface area contributed by atoms with Gasteiger partial charge < -0.3 is 14.9 Å². The van der Waals surface area contributed by atoms with Gasteiger partial charge in [-0.05, 0) is 12.0 Å². The first-order valence-corrected chi connectivity index (χ1v) is 5.38. The van der Waals surface area contributed by atoms with Crippen LogP contribution in [0, 0.1) is 0 Å². The fraction of sp³-hybridized carbons (Fsp3) is 0.385. The maximum absolute atomic E-state index is 9.50. The Labute approximate surface area is 96.0 Å². The van der Waals surface area contributed by atoms with E-state index in [4.69, 9.17) is 9.84 Å². The van der Waals surface area contributed by atoms with Crippen molar-refractivity contribution in [3.63, 3.8) is 0 Å². The fourth-order valence-corrected chi connectivity index (χ4v) is 1.28. The first-order valence-electron chi connectivity index (χ1n) is 5.38. The van der Waals surface area contributed by atoms with Gasteiger partial charge in [-0.15, -0.1) is 0 Å². The summed E-state index contributed by atoms with van der Waals surface area (Å²) in [7, 11) is 0. The fourth-order valence-electron chi connectivity index (χ4n) is 1.28. The summed E-state index contributed by atoms with van der Waals surface area (Å²) in [4.78, 5) is 0. The summed E-state index contributed by atoms with van der Waals surface area (Å²) >= 11 is 0. The van der Waals surface area contributed by atoms with Gasteiger partial charge in [-0.25, -0.2) is 0 Å². The molecule has 0 amide bonds. The summed E-state index contributed by atoms with van der Waals surface area (Å²) in [6.45, 7) is 0.837. The topological polar surface area (TPSA) is 49.7 Å². The zero-order chi connectivity index (χ0) is 11.6. The zero-order valence-corrected chi connectivity index (χ0v) is 9.25. The Hall–Kier alpha value is -1.16. The van der Waals surface area contributed by atoms with E-state index in [0.29, 0.717) is 19.6 Å². The summed E-state index contributed by atoms with van der Waals surface area (Å²) in [6.07, 6.45) is 3.36. The summed E-state index contributed by atoms with van der Waals surface area (Å²) in [5.41, 5.74) is 1.10. The Kier molecular flexibility index (Phi) is 6.49. The average Bonchev–Trinajstić information content (AvgIpc) is 2.31. The normalized spacial score (nSPS) is 13.1. The summed E-state index contributed by atoms with van der Waals surface area (Å²) in [5.74, 6) is 0. The molecule has 0 saturated carbocycles. The minimum absolute atomic E-state index is 0.0115. The number of aliphatic hydroxyl groups excluding tert-OH is 2. The number of hydrogen-bond acceptors (Lipinski definition) is 3. The van der Waals surface area contributed by atoms with Crippen molar-refractivity contribution in [2.45, 2.75) is 19.1 Å². The second kappa shape index (κ2) is 8.05. The summed E-state index contributed by atoms with van der Waals surface area (Å²) in [5, 5.41) is 18.0. The van der Waals surface area contributed by atoms with Gasteiger partial charge in [0.25, 0.3) is 0 Å². The Morgan fingerprint density at radius 2 is 1.94 bits per heavy atom. The SMILES string of the molecule is OC/C=C\CC(O)COCc1ccccc1. The third kappa shape index (κ3) is 5.66. The van der Waals surface area contributed by atoms with Crippen LogP contribution < -0.4 is 0 Å². The third-order valence-electron chi connectivity index (χ3n) is 2.10. The highest BCUT2D eigenvalue weighted by Gasteiger charge is 2.01. The van der Waals surface area contributed by atoms with E-state index in [1.807, 2.05) is 30.3 Å². The largest absolute Gasteiger partial charge is 0.392 e. The number of benzene rings is 1. The molecule has 1 atom stereocenters. The van der Waals surface area contributed by atoms with Gasteiger partial charge in [-0.1, -0.05) is 42.5 Å². The molecule has 0 spiro atoms. The molecule has 0 aliphatic heterocycles. The highest BCUT2D eigenvalue weighted by molar-refractivity contribution is 5.13. The molecule has 2 N–H and O–H groups in total. The Morgan fingerprint density at radius 3 is 2.62 bits per heavy atom. The Bertz CT molecular complexity index is 295. The summed E-state index contributed by atoms with van der Waals surface area (Å²) in [6, 6.07) is 9.84. The molecule has 1 rings (SSSR count). The van der Waals surface area contributed by atoms with Crippen LogP contribution in [0.1, 0.15) is 12.0 Å². The lowest BCUT2D eigenvalue weighted by atomic mass is 10.2.